The highest BCUT2D eigenvalue weighted by Crippen LogP contribution is 2.32. The third-order valence-corrected chi connectivity index (χ3v) is 6.42. The van der Waals surface area contributed by atoms with Crippen molar-refractivity contribution in [2.24, 2.45) is 0 Å². The van der Waals surface area contributed by atoms with E-state index in [0.717, 1.165) is 0 Å². The van der Waals surface area contributed by atoms with Gasteiger partial charge >= 0.3 is 0 Å². The van der Waals surface area contributed by atoms with Gasteiger partial charge in [-0.25, -0.2) is 0 Å². The van der Waals surface area contributed by atoms with Gasteiger partial charge in [0.25, 0.3) is 0 Å². The molecule has 15 atom stereocenters. The molecule has 194 valence electrons. The van der Waals surface area contributed by atoms with Crippen LogP contribution in [0.15, 0.2) is 0 Å². The van der Waals surface area contributed by atoms with Crippen molar-refractivity contribution >= 4 is 0 Å². The Morgan fingerprint density at radius 3 is 1.18 bits per heavy atom. The Kier molecular flexibility index (Phi) is 9.05. The summed E-state index contributed by atoms with van der Waals surface area (Å²) in [5.74, 6) is 0. The maximum Gasteiger partial charge on any atom is 0.187 e. The minimum Gasteiger partial charge on any atom is -0.387 e. The summed E-state index contributed by atoms with van der Waals surface area (Å²) in [4.78, 5) is 0. The molecule has 0 radical (unpaired) electrons. The topological polar surface area (TPSA) is 186 Å². The molecule has 33 heavy (non-hydrogen) atoms. The highest BCUT2D eigenvalue weighted by Gasteiger charge is 2.52. The van der Waals surface area contributed by atoms with Crippen LogP contribution in [0.2, 0.25) is 0 Å². The lowest BCUT2D eigenvalue weighted by Gasteiger charge is -2.47. The van der Waals surface area contributed by atoms with Gasteiger partial charge < -0.3 is 63.8 Å². The number of hydrogen-bond donors (Lipinski definition) is 6. The van der Waals surface area contributed by atoms with Crippen molar-refractivity contribution in [1.29, 1.82) is 0 Å². The van der Waals surface area contributed by atoms with Gasteiger partial charge in [-0.3, -0.25) is 0 Å². The minimum absolute atomic E-state index is 0.618. The van der Waals surface area contributed by atoms with Crippen molar-refractivity contribution in [2.45, 2.75) is 113 Å². The smallest absolute Gasteiger partial charge is 0.187 e. The zero-order valence-corrected chi connectivity index (χ0v) is 19.2. The van der Waals surface area contributed by atoms with Crippen molar-refractivity contribution in [3.63, 3.8) is 0 Å². The van der Waals surface area contributed by atoms with Crippen LogP contribution < -0.4 is 0 Å². The molecule has 13 nitrogen and oxygen atoms in total. The molecule has 0 saturated carbocycles. The van der Waals surface area contributed by atoms with Crippen LogP contribution in [-0.2, 0) is 33.2 Å². The Balaban J connectivity index is 1.64. The number of hydrogen-bond acceptors (Lipinski definition) is 13. The van der Waals surface area contributed by atoms with Crippen LogP contribution in [-0.4, -0.2) is 137 Å². The fraction of sp³-hybridized carbons (Fsp3) is 1.00. The normalized spacial score (nSPS) is 53.7. The molecular weight excluding hydrogens is 448 g/mol. The summed E-state index contributed by atoms with van der Waals surface area (Å²) in [6.45, 7) is 4.78. The van der Waals surface area contributed by atoms with Gasteiger partial charge in [-0.2, -0.15) is 0 Å². The van der Waals surface area contributed by atoms with Gasteiger partial charge in [0.1, 0.15) is 54.9 Å². The van der Waals surface area contributed by atoms with Gasteiger partial charge in [0.05, 0.1) is 18.3 Å². The summed E-state index contributed by atoms with van der Waals surface area (Å²) in [6.07, 6.45) is -17.7. The second kappa shape index (κ2) is 11.0. The first-order chi connectivity index (χ1) is 15.5. The molecule has 0 bridgehead atoms. The van der Waals surface area contributed by atoms with Gasteiger partial charge in [-0.15, -0.1) is 0 Å². The van der Waals surface area contributed by atoms with E-state index in [2.05, 4.69) is 0 Å². The van der Waals surface area contributed by atoms with E-state index < -0.39 is 92.1 Å². The van der Waals surface area contributed by atoms with Crippen molar-refractivity contribution in [3.8, 4) is 0 Å². The number of aliphatic hydroxyl groups is 6. The summed E-state index contributed by atoms with van der Waals surface area (Å²) < 4.78 is 38.2. The quantitative estimate of drug-likeness (QED) is 0.222. The van der Waals surface area contributed by atoms with E-state index in [4.69, 9.17) is 33.2 Å². The summed E-state index contributed by atoms with van der Waals surface area (Å²) in [5, 5.41) is 62.5. The van der Waals surface area contributed by atoms with E-state index in [1.807, 2.05) is 0 Å². The lowest BCUT2D eigenvalue weighted by molar-refractivity contribution is -0.372. The SMILES string of the molecule is CO[C@@H]1OC(C)[C@@H](O[C@@H]2OC(C)[C@@H](O[C@@H]3OC(C)[C@@H](OC)C(O)C3O)C(O)C2O)C(O)C1O. The maximum atomic E-state index is 10.7. The Morgan fingerprint density at radius 1 is 0.455 bits per heavy atom. The van der Waals surface area contributed by atoms with Crippen LogP contribution in [0.5, 0.6) is 0 Å². The lowest BCUT2D eigenvalue weighted by atomic mass is 9.96. The number of aliphatic hydroxyl groups excluding tert-OH is 6. The average molecular weight is 484 g/mol. The Hall–Kier alpha value is -0.520. The molecule has 3 saturated heterocycles. The highest BCUT2D eigenvalue weighted by atomic mass is 16.8. The van der Waals surface area contributed by atoms with Gasteiger partial charge in [0.15, 0.2) is 18.9 Å². The molecule has 3 aliphatic rings. The molecule has 13 heteroatoms. The van der Waals surface area contributed by atoms with E-state index in [9.17, 15) is 30.6 Å². The predicted molar refractivity (Wildman–Crippen MR) is 107 cm³/mol. The molecule has 0 spiro atoms. The van der Waals surface area contributed by atoms with Crippen LogP contribution in [0, 0.1) is 0 Å². The van der Waals surface area contributed by atoms with Gasteiger partial charge in [-0.05, 0) is 20.8 Å². The van der Waals surface area contributed by atoms with Crippen LogP contribution in [0.4, 0.5) is 0 Å². The number of methoxy groups -OCH3 is 2. The molecule has 0 aromatic rings. The first-order valence-corrected chi connectivity index (χ1v) is 10.9. The molecule has 3 rings (SSSR count). The minimum atomic E-state index is -1.61. The van der Waals surface area contributed by atoms with Crippen LogP contribution >= 0.6 is 0 Å². The van der Waals surface area contributed by atoms with Crippen LogP contribution in [0.3, 0.4) is 0 Å². The molecule has 3 aliphatic heterocycles. The zero-order valence-electron chi connectivity index (χ0n) is 19.2. The van der Waals surface area contributed by atoms with Crippen molar-refractivity contribution in [2.75, 3.05) is 14.2 Å². The average Bonchev–Trinajstić information content (AvgIpc) is 2.78. The molecule has 0 aliphatic carbocycles. The predicted octanol–water partition coefficient (Wildman–Crippen LogP) is -3.18. The molecule has 0 aromatic carbocycles. The second-order valence-corrected chi connectivity index (χ2v) is 8.71. The van der Waals surface area contributed by atoms with Gasteiger partial charge in [0, 0.05) is 14.2 Å². The van der Waals surface area contributed by atoms with Crippen molar-refractivity contribution in [1.82, 2.24) is 0 Å². The van der Waals surface area contributed by atoms with Crippen molar-refractivity contribution in [3.05, 3.63) is 0 Å². The van der Waals surface area contributed by atoms with Gasteiger partial charge in [0.2, 0.25) is 0 Å². The fourth-order valence-electron chi connectivity index (χ4n) is 4.45. The van der Waals surface area contributed by atoms with E-state index in [1.165, 1.54) is 14.2 Å². The Bertz CT molecular complexity index is 625. The summed E-state index contributed by atoms with van der Waals surface area (Å²) in [6, 6.07) is 0. The summed E-state index contributed by atoms with van der Waals surface area (Å²) in [5.41, 5.74) is 0. The molecule has 0 amide bonds. The molecular formula is C20H36O13. The molecule has 9 unspecified atom stereocenters. The third kappa shape index (κ3) is 5.35. The largest absolute Gasteiger partial charge is 0.387 e. The first kappa shape index (κ1) is 27.1. The molecule has 0 aromatic heterocycles. The molecule has 6 N–H and O–H groups in total. The summed E-state index contributed by atoms with van der Waals surface area (Å²) >= 11 is 0. The third-order valence-electron chi connectivity index (χ3n) is 6.42. The first-order valence-electron chi connectivity index (χ1n) is 10.9. The zero-order chi connectivity index (χ0) is 24.6. The van der Waals surface area contributed by atoms with E-state index >= 15 is 0 Å². The molecule has 3 heterocycles. The number of ether oxygens (including phenoxy) is 7. The Morgan fingerprint density at radius 2 is 0.788 bits per heavy atom. The second-order valence-electron chi connectivity index (χ2n) is 8.71. The molecule has 3 fully saturated rings. The lowest BCUT2D eigenvalue weighted by Crippen LogP contribution is -2.65. The highest BCUT2D eigenvalue weighted by molar-refractivity contribution is 4.94. The van der Waals surface area contributed by atoms with E-state index in [0.29, 0.717) is 0 Å². The van der Waals surface area contributed by atoms with Crippen LogP contribution in [0.1, 0.15) is 20.8 Å². The maximum absolute atomic E-state index is 10.7. The number of rotatable bonds is 6. The van der Waals surface area contributed by atoms with E-state index in [1.54, 1.807) is 20.8 Å². The van der Waals surface area contributed by atoms with Crippen LogP contribution in [0.25, 0.3) is 0 Å². The monoisotopic (exact) mass is 484 g/mol. The standard InChI is InChI=1S/C20H36O13/c1-6-15(27-4)9(21)13(25)19(30-6)33-17-8(3)31-20(14(26)11(17)23)32-16-7(2)29-18(28-5)12(24)10(16)22/h6-26H,1-5H3/t6?,7?,8?,9?,10?,11?,12?,13?,14?,15-,16-,17-,18-,19+,20+/m1/s1. The van der Waals surface area contributed by atoms with Crippen molar-refractivity contribution < 1.29 is 63.8 Å². The van der Waals surface area contributed by atoms with Gasteiger partial charge in [-0.1, -0.05) is 0 Å². The Labute approximate surface area is 191 Å². The fourth-order valence-corrected chi connectivity index (χ4v) is 4.45. The summed E-state index contributed by atoms with van der Waals surface area (Å²) in [7, 11) is 2.70. The van der Waals surface area contributed by atoms with E-state index in [-0.39, 0.29) is 0 Å².